The third kappa shape index (κ3) is 4.26. The minimum Gasteiger partial charge on any atom is -0.468 e. The number of esters is 1. The number of aryl methyl sites for hydroxylation is 2. The number of hydrogen-bond donors (Lipinski definition) is 0. The van der Waals surface area contributed by atoms with E-state index in [-0.39, 0.29) is 14.9 Å². The molecule has 0 aromatic heterocycles. The molecule has 0 bridgehead atoms. The molecule has 25 heavy (non-hydrogen) atoms. The maximum atomic E-state index is 13.1. The summed E-state index contributed by atoms with van der Waals surface area (Å²) in [5.74, 6) is -0.677. The number of nitrogens with zero attached hydrogens (tertiary/aromatic N) is 1. The number of sulfonamides is 1. The third-order valence-electron chi connectivity index (χ3n) is 3.60. The maximum absolute atomic E-state index is 13.1. The molecular formula is C17H17Cl2NO4S. The van der Waals surface area contributed by atoms with Gasteiger partial charge in [-0.3, -0.25) is 9.10 Å². The Bertz CT molecular complexity index is 913. The second-order valence-corrected chi connectivity index (χ2v) is 8.13. The summed E-state index contributed by atoms with van der Waals surface area (Å²) in [5.41, 5.74) is 2.08. The van der Waals surface area contributed by atoms with Gasteiger partial charge in [0.1, 0.15) is 6.54 Å². The van der Waals surface area contributed by atoms with Crippen molar-refractivity contribution >= 4 is 44.9 Å². The molecule has 0 unspecified atom stereocenters. The lowest BCUT2D eigenvalue weighted by Gasteiger charge is -2.25. The summed E-state index contributed by atoms with van der Waals surface area (Å²) in [4.78, 5) is 11.7. The molecule has 0 saturated heterocycles. The molecule has 0 spiro atoms. The highest BCUT2D eigenvalue weighted by Gasteiger charge is 2.29. The van der Waals surface area contributed by atoms with Crippen LogP contribution in [0.3, 0.4) is 0 Å². The van der Waals surface area contributed by atoms with Crippen LogP contribution in [0.15, 0.2) is 41.3 Å². The van der Waals surface area contributed by atoms with Gasteiger partial charge in [0.25, 0.3) is 10.0 Å². The number of methoxy groups -OCH3 is 1. The van der Waals surface area contributed by atoms with Gasteiger partial charge in [-0.2, -0.15) is 0 Å². The lowest BCUT2D eigenvalue weighted by molar-refractivity contribution is -0.138. The van der Waals surface area contributed by atoms with E-state index in [2.05, 4.69) is 4.74 Å². The first-order valence-corrected chi connectivity index (χ1v) is 9.48. The fourth-order valence-corrected chi connectivity index (χ4v) is 4.19. The smallest absolute Gasteiger partial charge is 0.326 e. The van der Waals surface area contributed by atoms with Gasteiger partial charge in [0.05, 0.1) is 27.7 Å². The van der Waals surface area contributed by atoms with Crippen molar-refractivity contribution in [3.05, 3.63) is 57.6 Å². The Morgan fingerprint density at radius 3 is 2.32 bits per heavy atom. The molecule has 0 saturated carbocycles. The molecule has 0 aliphatic heterocycles. The number of carbonyl (C=O) groups is 1. The van der Waals surface area contributed by atoms with Gasteiger partial charge in [0.2, 0.25) is 0 Å². The average Bonchev–Trinajstić information content (AvgIpc) is 2.55. The van der Waals surface area contributed by atoms with Gasteiger partial charge < -0.3 is 4.74 Å². The Balaban J connectivity index is 2.61. The van der Waals surface area contributed by atoms with E-state index in [4.69, 9.17) is 23.2 Å². The van der Waals surface area contributed by atoms with E-state index in [1.807, 2.05) is 13.0 Å². The van der Waals surface area contributed by atoms with Crippen molar-refractivity contribution in [1.82, 2.24) is 0 Å². The average molecular weight is 402 g/mol. The van der Waals surface area contributed by atoms with Gasteiger partial charge in [-0.1, -0.05) is 40.9 Å². The Kier molecular flexibility index (Phi) is 5.98. The number of benzene rings is 2. The fraction of sp³-hybridized carbons (Fsp3) is 0.235. The number of halogens is 2. The first-order chi connectivity index (χ1) is 11.7. The van der Waals surface area contributed by atoms with Gasteiger partial charge in [-0.15, -0.1) is 0 Å². The molecule has 0 aliphatic carbocycles. The van der Waals surface area contributed by atoms with Crippen LogP contribution in [0.2, 0.25) is 10.0 Å². The molecule has 0 heterocycles. The van der Waals surface area contributed by atoms with Crippen molar-refractivity contribution in [1.29, 1.82) is 0 Å². The van der Waals surface area contributed by atoms with Crippen molar-refractivity contribution in [2.24, 2.45) is 0 Å². The summed E-state index contributed by atoms with van der Waals surface area (Å²) in [6.45, 7) is 3.22. The van der Waals surface area contributed by atoms with E-state index in [0.29, 0.717) is 11.3 Å². The molecule has 134 valence electrons. The largest absolute Gasteiger partial charge is 0.468 e. The van der Waals surface area contributed by atoms with E-state index in [9.17, 15) is 13.2 Å². The molecular weight excluding hydrogens is 385 g/mol. The van der Waals surface area contributed by atoms with Gasteiger partial charge in [-0.05, 0) is 43.7 Å². The standard InChI is InChI=1S/C17H17Cl2NO4S/c1-11-4-7-16(12(2)8-11)20(10-17(21)24-3)25(22,23)13-5-6-14(18)15(19)9-13/h4-9H,10H2,1-3H3. The lowest BCUT2D eigenvalue weighted by Crippen LogP contribution is -2.36. The highest BCUT2D eigenvalue weighted by molar-refractivity contribution is 7.92. The van der Waals surface area contributed by atoms with E-state index >= 15 is 0 Å². The summed E-state index contributed by atoms with van der Waals surface area (Å²) in [5, 5.41) is 0.355. The molecule has 0 radical (unpaired) electrons. The van der Waals surface area contributed by atoms with Crippen molar-refractivity contribution < 1.29 is 17.9 Å². The molecule has 0 N–H and O–H groups in total. The highest BCUT2D eigenvalue weighted by atomic mass is 35.5. The highest BCUT2D eigenvalue weighted by Crippen LogP contribution is 2.30. The van der Waals surface area contributed by atoms with Crippen LogP contribution in [0.4, 0.5) is 5.69 Å². The quantitative estimate of drug-likeness (QED) is 0.710. The predicted molar refractivity (Wildman–Crippen MR) is 98.9 cm³/mol. The number of ether oxygens (including phenoxy) is 1. The monoisotopic (exact) mass is 401 g/mol. The van der Waals surface area contributed by atoms with Crippen molar-refractivity contribution in [3.8, 4) is 0 Å². The SMILES string of the molecule is COC(=O)CN(c1ccc(C)cc1C)S(=O)(=O)c1ccc(Cl)c(Cl)c1. The molecule has 0 amide bonds. The van der Waals surface area contributed by atoms with Crippen LogP contribution in [-0.4, -0.2) is 28.0 Å². The number of anilines is 1. The Morgan fingerprint density at radius 2 is 1.76 bits per heavy atom. The molecule has 5 nitrogen and oxygen atoms in total. The zero-order chi connectivity index (χ0) is 18.8. The Hall–Kier alpha value is -1.76. The van der Waals surface area contributed by atoms with Crippen LogP contribution in [0.25, 0.3) is 0 Å². The normalized spacial score (nSPS) is 11.2. The molecule has 2 aromatic carbocycles. The van der Waals surface area contributed by atoms with Crippen LogP contribution >= 0.6 is 23.2 Å². The zero-order valence-electron chi connectivity index (χ0n) is 13.9. The van der Waals surface area contributed by atoms with E-state index < -0.39 is 22.5 Å². The van der Waals surface area contributed by atoms with E-state index in [1.165, 1.54) is 25.3 Å². The van der Waals surface area contributed by atoms with E-state index in [1.54, 1.807) is 19.1 Å². The summed E-state index contributed by atoms with van der Waals surface area (Å²) in [7, 11) is -2.84. The first kappa shape index (κ1) is 19.6. The van der Waals surface area contributed by atoms with Gasteiger partial charge in [0.15, 0.2) is 0 Å². The third-order valence-corrected chi connectivity index (χ3v) is 6.10. The zero-order valence-corrected chi connectivity index (χ0v) is 16.2. The van der Waals surface area contributed by atoms with Crippen molar-refractivity contribution in [2.45, 2.75) is 18.7 Å². The number of hydrogen-bond acceptors (Lipinski definition) is 4. The van der Waals surface area contributed by atoms with Crippen LogP contribution in [0.5, 0.6) is 0 Å². The van der Waals surface area contributed by atoms with Gasteiger partial charge in [-0.25, -0.2) is 8.42 Å². The maximum Gasteiger partial charge on any atom is 0.326 e. The Morgan fingerprint density at radius 1 is 1.08 bits per heavy atom. The molecule has 8 heteroatoms. The second kappa shape index (κ2) is 7.64. The summed E-state index contributed by atoms with van der Waals surface area (Å²) < 4.78 is 31.9. The fourth-order valence-electron chi connectivity index (χ4n) is 2.33. The van der Waals surface area contributed by atoms with Gasteiger partial charge in [0, 0.05) is 0 Å². The van der Waals surface area contributed by atoms with Crippen molar-refractivity contribution in [2.75, 3.05) is 18.0 Å². The Labute approximate surface area is 157 Å². The molecule has 0 atom stereocenters. The summed E-state index contributed by atoms with van der Waals surface area (Å²) in [6, 6.07) is 9.27. The number of carbonyl (C=O) groups excluding carboxylic acids is 1. The number of rotatable bonds is 5. The summed E-state index contributed by atoms with van der Waals surface area (Å²) in [6.07, 6.45) is 0. The molecule has 2 rings (SSSR count). The topological polar surface area (TPSA) is 63.7 Å². The first-order valence-electron chi connectivity index (χ1n) is 7.28. The summed E-state index contributed by atoms with van der Waals surface area (Å²) >= 11 is 11.8. The minimum atomic E-state index is -4.04. The lowest BCUT2D eigenvalue weighted by atomic mass is 10.1. The molecule has 0 aliphatic rings. The van der Waals surface area contributed by atoms with E-state index in [0.717, 1.165) is 9.87 Å². The van der Waals surface area contributed by atoms with Gasteiger partial charge >= 0.3 is 5.97 Å². The predicted octanol–water partition coefficient (Wildman–Crippen LogP) is 3.98. The second-order valence-electron chi connectivity index (χ2n) is 5.45. The minimum absolute atomic E-state index is 0.0641. The van der Waals surface area contributed by atoms with Crippen molar-refractivity contribution in [3.63, 3.8) is 0 Å². The van der Waals surface area contributed by atoms with Crippen LogP contribution in [0, 0.1) is 13.8 Å². The molecule has 0 fully saturated rings. The van der Waals surface area contributed by atoms with Crippen LogP contribution in [0.1, 0.15) is 11.1 Å². The van der Waals surface area contributed by atoms with Crippen LogP contribution < -0.4 is 4.31 Å². The molecule has 2 aromatic rings. The van der Waals surface area contributed by atoms with Crippen LogP contribution in [-0.2, 0) is 19.6 Å².